The number of alkyl halides is 3. The summed E-state index contributed by atoms with van der Waals surface area (Å²) in [6.07, 6.45) is -1.70. The third-order valence-electron chi connectivity index (χ3n) is 7.25. The van der Waals surface area contributed by atoms with Crippen molar-refractivity contribution in [2.75, 3.05) is 0 Å². The first-order valence-electron chi connectivity index (χ1n) is 13.8. The number of fused-ring (bicyclic) bond motifs is 1. The zero-order valence-electron chi connectivity index (χ0n) is 24.4. The monoisotopic (exact) mass is 613 g/mol. The summed E-state index contributed by atoms with van der Waals surface area (Å²) in [6.45, 7) is 6.25. The van der Waals surface area contributed by atoms with Crippen molar-refractivity contribution in [3.8, 4) is 11.1 Å². The molecular formula is C31H31F4N5O4. The zero-order chi connectivity index (χ0) is 32.3. The summed E-state index contributed by atoms with van der Waals surface area (Å²) in [5, 5.41) is 18.9. The molecule has 0 fully saturated rings. The van der Waals surface area contributed by atoms with Crippen LogP contribution in [0.25, 0.3) is 16.8 Å². The highest BCUT2D eigenvalue weighted by molar-refractivity contribution is 6.02. The van der Waals surface area contributed by atoms with Gasteiger partial charge in [0.05, 0.1) is 23.6 Å². The minimum atomic E-state index is -4.55. The summed E-state index contributed by atoms with van der Waals surface area (Å²) in [5.74, 6) is -3.43. The molecule has 0 saturated heterocycles. The number of halogens is 4. The topological polar surface area (TPSA) is 126 Å². The Kier molecular flexibility index (Phi) is 9.36. The van der Waals surface area contributed by atoms with Crippen LogP contribution >= 0.6 is 0 Å². The van der Waals surface area contributed by atoms with Crippen LogP contribution in [0.3, 0.4) is 0 Å². The number of hydrogen-bond donors (Lipinski definition) is 3. The number of benzene rings is 2. The number of rotatable bonds is 10. The largest absolute Gasteiger partial charge is 0.481 e. The third-order valence-corrected chi connectivity index (χ3v) is 7.25. The lowest BCUT2D eigenvalue weighted by molar-refractivity contribution is -0.138. The van der Waals surface area contributed by atoms with Crippen LogP contribution in [-0.2, 0) is 15.8 Å². The maximum Gasteiger partial charge on any atom is 0.416 e. The number of aryl methyl sites for hydroxylation is 3. The van der Waals surface area contributed by atoms with Crippen LogP contribution in [0.2, 0.25) is 0 Å². The van der Waals surface area contributed by atoms with Crippen molar-refractivity contribution in [3.05, 3.63) is 88.1 Å². The molecule has 2 aromatic heterocycles. The van der Waals surface area contributed by atoms with Gasteiger partial charge in [-0.25, -0.2) is 13.9 Å². The summed E-state index contributed by atoms with van der Waals surface area (Å²) in [7, 11) is 0. The predicted molar refractivity (Wildman–Crippen MR) is 153 cm³/mol. The van der Waals surface area contributed by atoms with E-state index in [0.717, 1.165) is 12.1 Å². The van der Waals surface area contributed by atoms with E-state index in [1.165, 1.54) is 49.8 Å². The van der Waals surface area contributed by atoms with Gasteiger partial charge in [-0.3, -0.25) is 14.4 Å². The van der Waals surface area contributed by atoms with Crippen LogP contribution in [0.5, 0.6) is 0 Å². The molecule has 0 bridgehead atoms. The Hall–Kier alpha value is -4.81. The molecule has 0 aliphatic heterocycles. The van der Waals surface area contributed by atoms with Gasteiger partial charge in [-0.2, -0.15) is 18.3 Å². The summed E-state index contributed by atoms with van der Waals surface area (Å²) >= 11 is 0. The fraction of sp³-hybridized carbons (Fsp3) is 0.323. The molecule has 4 rings (SSSR count). The van der Waals surface area contributed by atoms with Gasteiger partial charge in [0.15, 0.2) is 5.65 Å². The Balaban J connectivity index is 1.68. The lowest BCUT2D eigenvalue weighted by atomic mass is 9.89. The smallest absolute Gasteiger partial charge is 0.416 e. The molecule has 0 spiro atoms. The fourth-order valence-electron chi connectivity index (χ4n) is 5.28. The van der Waals surface area contributed by atoms with Crippen molar-refractivity contribution < 1.29 is 37.1 Å². The molecule has 232 valence electrons. The van der Waals surface area contributed by atoms with Crippen molar-refractivity contribution in [1.82, 2.24) is 25.2 Å². The molecule has 4 aromatic rings. The second kappa shape index (κ2) is 12.8. The number of hydrogen-bond acceptors (Lipinski definition) is 5. The molecule has 0 radical (unpaired) electrons. The van der Waals surface area contributed by atoms with Crippen LogP contribution in [0.1, 0.15) is 70.4 Å². The maximum atomic E-state index is 15.6. The van der Waals surface area contributed by atoms with Crippen molar-refractivity contribution in [2.24, 2.45) is 0 Å². The van der Waals surface area contributed by atoms with E-state index in [4.69, 9.17) is 0 Å². The van der Waals surface area contributed by atoms with Crippen LogP contribution in [-0.4, -0.2) is 43.5 Å². The first-order chi connectivity index (χ1) is 20.7. The molecule has 44 heavy (non-hydrogen) atoms. The molecule has 0 unspecified atom stereocenters. The molecular weight excluding hydrogens is 582 g/mol. The standard InChI is InChI=1S/C31H31F4N5O4/c1-5-7-23(38-29(43)21-8-6-9-40-28(21)36-15-37-40)30(44)39-24(14-25(41)42)22-13-19(10-18(4)27(22)32)26-16(2)11-20(12-17(26)3)31(33,34)35/h6,8-13,15,23-24H,5,7,14H2,1-4H3,(H,38,43)(H,39,44)(H,41,42)/t23-,24-/m0/s1. The summed E-state index contributed by atoms with van der Waals surface area (Å²) in [4.78, 5) is 42.5. The number of amides is 2. The van der Waals surface area contributed by atoms with Crippen LogP contribution in [0.15, 0.2) is 48.9 Å². The van der Waals surface area contributed by atoms with Crippen LogP contribution in [0, 0.1) is 26.6 Å². The lowest BCUT2D eigenvalue weighted by Gasteiger charge is -2.24. The number of aromatic nitrogens is 3. The molecule has 9 nitrogen and oxygen atoms in total. The SMILES string of the molecule is CCC[C@H](NC(=O)c1cccn2ncnc12)C(=O)N[C@@H](CC(=O)O)c1cc(-c2c(C)cc(C(F)(F)F)cc2C)cc(C)c1F. The second-order valence-corrected chi connectivity index (χ2v) is 10.6. The zero-order valence-corrected chi connectivity index (χ0v) is 24.4. The molecule has 13 heteroatoms. The Morgan fingerprint density at radius 2 is 1.70 bits per heavy atom. The van der Waals surface area contributed by atoms with Gasteiger partial charge in [-0.1, -0.05) is 13.3 Å². The van der Waals surface area contributed by atoms with Gasteiger partial charge in [0.2, 0.25) is 5.91 Å². The first-order valence-corrected chi connectivity index (χ1v) is 13.8. The van der Waals surface area contributed by atoms with Gasteiger partial charge < -0.3 is 15.7 Å². The highest BCUT2D eigenvalue weighted by atomic mass is 19.4. The fourth-order valence-corrected chi connectivity index (χ4v) is 5.28. The van der Waals surface area contributed by atoms with Gasteiger partial charge in [0.25, 0.3) is 5.91 Å². The van der Waals surface area contributed by atoms with E-state index in [9.17, 15) is 32.7 Å². The Bertz CT molecular complexity index is 1710. The van der Waals surface area contributed by atoms with Crippen molar-refractivity contribution in [2.45, 2.75) is 65.2 Å². The predicted octanol–water partition coefficient (Wildman–Crippen LogP) is 5.71. The number of aliphatic carboxylic acids is 1. The number of carbonyl (C=O) groups is 3. The minimum absolute atomic E-state index is 0.112. The Morgan fingerprint density at radius 3 is 2.32 bits per heavy atom. The van der Waals surface area contributed by atoms with Gasteiger partial charge in [0.1, 0.15) is 18.2 Å². The molecule has 2 atom stereocenters. The van der Waals surface area contributed by atoms with E-state index >= 15 is 4.39 Å². The maximum absolute atomic E-state index is 15.6. The summed E-state index contributed by atoms with van der Waals surface area (Å²) < 4.78 is 57.1. The Labute approximate surface area is 250 Å². The number of carboxylic acids is 1. The van der Waals surface area contributed by atoms with Gasteiger partial charge in [-0.15, -0.1) is 0 Å². The van der Waals surface area contributed by atoms with E-state index in [1.807, 2.05) is 0 Å². The molecule has 0 aliphatic carbocycles. The molecule has 2 heterocycles. The van der Waals surface area contributed by atoms with Gasteiger partial charge in [0, 0.05) is 11.8 Å². The first kappa shape index (κ1) is 32.1. The molecule has 0 aliphatic rings. The second-order valence-electron chi connectivity index (χ2n) is 10.6. The van der Waals surface area contributed by atoms with Crippen molar-refractivity contribution in [1.29, 1.82) is 0 Å². The molecule has 2 amide bonds. The van der Waals surface area contributed by atoms with Gasteiger partial charge in [-0.05, 0) is 91.4 Å². The van der Waals surface area contributed by atoms with Gasteiger partial charge >= 0.3 is 12.1 Å². The molecule has 3 N–H and O–H groups in total. The normalized spacial score (nSPS) is 13.0. The number of pyridine rings is 1. The average Bonchev–Trinajstić information content (AvgIpc) is 3.42. The quantitative estimate of drug-likeness (QED) is 0.197. The average molecular weight is 614 g/mol. The number of nitrogens with one attached hydrogen (secondary N) is 2. The number of nitrogens with zero attached hydrogens (tertiary/aromatic N) is 3. The molecule has 2 aromatic carbocycles. The Morgan fingerprint density at radius 1 is 1.02 bits per heavy atom. The van der Waals surface area contributed by atoms with E-state index in [-0.39, 0.29) is 28.8 Å². The van der Waals surface area contributed by atoms with E-state index in [1.54, 1.807) is 19.2 Å². The van der Waals surface area contributed by atoms with Crippen molar-refractivity contribution >= 4 is 23.4 Å². The summed E-state index contributed by atoms with van der Waals surface area (Å²) in [6, 6.07) is 5.45. The van der Waals surface area contributed by atoms with E-state index < -0.39 is 53.8 Å². The number of carboxylic acid groups (broad SMARTS) is 1. The summed E-state index contributed by atoms with van der Waals surface area (Å²) in [5.41, 5.74) is 0.961. The van der Waals surface area contributed by atoms with Crippen molar-refractivity contribution in [3.63, 3.8) is 0 Å². The van der Waals surface area contributed by atoms with E-state index in [2.05, 4.69) is 20.7 Å². The lowest BCUT2D eigenvalue weighted by Crippen LogP contribution is -2.48. The molecule has 0 saturated carbocycles. The van der Waals surface area contributed by atoms with E-state index in [0.29, 0.717) is 28.7 Å². The minimum Gasteiger partial charge on any atom is -0.481 e. The number of carbonyl (C=O) groups excluding carboxylic acids is 2. The highest BCUT2D eigenvalue weighted by Crippen LogP contribution is 2.37. The third kappa shape index (κ3) is 6.87. The van der Waals surface area contributed by atoms with Crippen LogP contribution in [0.4, 0.5) is 17.6 Å². The highest BCUT2D eigenvalue weighted by Gasteiger charge is 2.32. The van der Waals surface area contributed by atoms with Crippen LogP contribution < -0.4 is 10.6 Å².